The molecule has 2 aliphatic rings. The molecular weight excluding hydrogens is 312 g/mol. The zero-order valence-corrected chi connectivity index (χ0v) is 15.0. The van der Waals surface area contributed by atoms with Crippen molar-refractivity contribution in [2.75, 3.05) is 19.7 Å². The van der Waals surface area contributed by atoms with Gasteiger partial charge in [-0.15, -0.1) is 0 Å². The van der Waals surface area contributed by atoms with E-state index in [1.165, 1.54) is 16.8 Å². The summed E-state index contributed by atoms with van der Waals surface area (Å²) in [6.07, 6.45) is 5.19. The van der Waals surface area contributed by atoms with Crippen molar-refractivity contribution in [3.63, 3.8) is 0 Å². The Morgan fingerprint density at radius 3 is 3.00 bits per heavy atom. The molecule has 1 N–H and O–H groups in total. The molecule has 1 aliphatic carbocycles. The van der Waals surface area contributed by atoms with E-state index < -0.39 is 6.10 Å². The number of aliphatic hydroxyl groups is 1. The quantitative estimate of drug-likeness (QED) is 0.907. The van der Waals surface area contributed by atoms with E-state index in [0.717, 1.165) is 32.4 Å². The Hall–Kier alpha value is -1.62. The topological polar surface area (TPSA) is 37.6 Å². The highest BCUT2D eigenvalue weighted by Gasteiger charge is 2.26. The van der Waals surface area contributed by atoms with Gasteiger partial charge >= 0.3 is 0 Å². The van der Waals surface area contributed by atoms with Crippen molar-refractivity contribution in [1.82, 2.24) is 9.47 Å². The van der Waals surface area contributed by atoms with Gasteiger partial charge < -0.3 is 14.4 Å². The summed E-state index contributed by atoms with van der Waals surface area (Å²) < 4.78 is 8.43. The molecule has 2 heterocycles. The third-order valence-electron chi connectivity index (χ3n) is 5.72. The summed E-state index contributed by atoms with van der Waals surface area (Å²) >= 11 is 0. The fourth-order valence-corrected chi connectivity index (χ4v) is 4.31. The molecule has 0 saturated heterocycles. The molecule has 4 heteroatoms. The minimum Gasteiger partial charge on any atom is -0.389 e. The highest BCUT2D eigenvalue weighted by Crippen LogP contribution is 2.32. The van der Waals surface area contributed by atoms with Gasteiger partial charge in [0.2, 0.25) is 0 Å². The van der Waals surface area contributed by atoms with Crippen LogP contribution in [0, 0.1) is 0 Å². The maximum atomic E-state index is 10.5. The van der Waals surface area contributed by atoms with Gasteiger partial charge in [-0.25, -0.2) is 0 Å². The Balaban J connectivity index is 1.32. The van der Waals surface area contributed by atoms with Crippen LogP contribution >= 0.6 is 0 Å². The average molecular weight is 340 g/mol. The lowest BCUT2D eigenvalue weighted by Gasteiger charge is -2.36. The van der Waals surface area contributed by atoms with Crippen LogP contribution in [0.5, 0.6) is 0 Å². The molecule has 134 valence electrons. The SMILES string of the molecule is C[C@@H]1c2cccn2CCN1C[C@H](O)CO[C@@H]1CCCc2ccccc21. The lowest BCUT2D eigenvalue weighted by Crippen LogP contribution is -2.42. The van der Waals surface area contributed by atoms with E-state index in [9.17, 15) is 5.11 Å². The van der Waals surface area contributed by atoms with E-state index in [-0.39, 0.29) is 6.10 Å². The molecule has 0 saturated carbocycles. The smallest absolute Gasteiger partial charge is 0.0900 e. The number of aliphatic hydroxyl groups excluding tert-OH is 1. The molecule has 0 fully saturated rings. The first-order valence-electron chi connectivity index (χ1n) is 9.49. The van der Waals surface area contributed by atoms with Gasteiger partial charge in [-0.1, -0.05) is 24.3 Å². The number of ether oxygens (including phenoxy) is 1. The summed E-state index contributed by atoms with van der Waals surface area (Å²) in [6, 6.07) is 13.2. The summed E-state index contributed by atoms with van der Waals surface area (Å²) in [5, 5.41) is 10.5. The Labute approximate surface area is 150 Å². The zero-order valence-electron chi connectivity index (χ0n) is 15.0. The lowest BCUT2D eigenvalue weighted by molar-refractivity contribution is -0.0340. The predicted octanol–water partition coefficient (Wildman–Crippen LogP) is 3.32. The van der Waals surface area contributed by atoms with Gasteiger partial charge in [0.25, 0.3) is 0 Å². The van der Waals surface area contributed by atoms with E-state index in [2.05, 4.69) is 59.0 Å². The number of benzene rings is 1. The van der Waals surface area contributed by atoms with Gasteiger partial charge in [0.05, 0.1) is 18.8 Å². The van der Waals surface area contributed by atoms with Gasteiger partial charge in [-0.2, -0.15) is 0 Å². The van der Waals surface area contributed by atoms with E-state index in [1.54, 1.807) is 0 Å². The Kier molecular flexibility index (Phi) is 4.93. The van der Waals surface area contributed by atoms with Crippen molar-refractivity contribution in [3.05, 3.63) is 59.4 Å². The molecule has 0 bridgehead atoms. The van der Waals surface area contributed by atoms with Crippen LogP contribution in [-0.4, -0.2) is 40.4 Å². The van der Waals surface area contributed by atoms with Crippen molar-refractivity contribution in [2.45, 2.75) is 51.0 Å². The fourth-order valence-electron chi connectivity index (χ4n) is 4.31. The van der Waals surface area contributed by atoms with E-state index in [1.807, 2.05) is 0 Å². The zero-order chi connectivity index (χ0) is 17.2. The predicted molar refractivity (Wildman–Crippen MR) is 98.5 cm³/mol. The van der Waals surface area contributed by atoms with Crippen molar-refractivity contribution < 1.29 is 9.84 Å². The summed E-state index contributed by atoms with van der Waals surface area (Å²) in [5.41, 5.74) is 4.05. The number of aromatic nitrogens is 1. The normalized spacial score (nSPS) is 24.6. The van der Waals surface area contributed by atoms with Crippen molar-refractivity contribution in [1.29, 1.82) is 0 Å². The summed E-state index contributed by atoms with van der Waals surface area (Å²) in [6.45, 7) is 5.27. The van der Waals surface area contributed by atoms with Crippen LogP contribution in [0.1, 0.15) is 48.7 Å². The molecule has 1 aliphatic heterocycles. The number of aryl methyl sites for hydroxylation is 1. The number of rotatable bonds is 5. The molecule has 0 amide bonds. The highest BCUT2D eigenvalue weighted by atomic mass is 16.5. The first-order valence-corrected chi connectivity index (χ1v) is 9.49. The summed E-state index contributed by atoms with van der Waals surface area (Å²) in [4.78, 5) is 2.36. The van der Waals surface area contributed by atoms with Crippen molar-refractivity contribution in [2.24, 2.45) is 0 Å². The third kappa shape index (κ3) is 3.52. The molecule has 0 radical (unpaired) electrons. The summed E-state index contributed by atoms with van der Waals surface area (Å²) in [7, 11) is 0. The second kappa shape index (κ2) is 7.32. The largest absolute Gasteiger partial charge is 0.389 e. The Bertz CT molecular complexity index is 711. The molecule has 4 rings (SSSR count). The Morgan fingerprint density at radius 1 is 1.20 bits per heavy atom. The minimum atomic E-state index is -0.446. The van der Waals surface area contributed by atoms with Crippen molar-refractivity contribution in [3.8, 4) is 0 Å². The van der Waals surface area contributed by atoms with E-state index >= 15 is 0 Å². The van der Waals surface area contributed by atoms with Gasteiger partial charge in [0.1, 0.15) is 0 Å². The monoisotopic (exact) mass is 340 g/mol. The number of hydrogen-bond donors (Lipinski definition) is 1. The summed E-state index contributed by atoms with van der Waals surface area (Å²) in [5.74, 6) is 0. The number of nitrogens with zero attached hydrogens (tertiary/aromatic N) is 2. The fraction of sp³-hybridized carbons (Fsp3) is 0.524. The molecule has 1 aromatic carbocycles. The minimum absolute atomic E-state index is 0.135. The van der Waals surface area contributed by atoms with Crippen molar-refractivity contribution >= 4 is 0 Å². The van der Waals surface area contributed by atoms with Crippen LogP contribution in [0.15, 0.2) is 42.6 Å². The maximum Gasteiger partial charge on any atom is 0.0900 e. The van der Waals surface area contributed by atoms with Gasteiger partial charge in [0.15, 0.2) is 0 Å². The van der Waals surface area contributed by atoms with Crippen LogP contribution in [-0.2, 0) is 17.7 Å². The van der Waals surface area contributed by atoms with Crippen LogP contribution in [0.4, 0.5) is 0 Å². The first-order chi connectivity index (χ1) is 12.2. The molecule has 1 aromatic heterocycles. The van der Waals surface area contributed by atoms with Gasteiger partial charge in [-0.05, 0) is 49.4 Å². The standard InChI is InChI=1S/C21H28N2O2/c1-16-20-9-5-11-22(20)12-13-23(16)14-18(24)15-25-21-10-4-7-17-6-2-3-8-19(17)21/h2-3,5-6,8-9,11,16,18,21,24H,4,7,10,12-15H2,1H3/t16-,18+,21-/m1/s1. The van der Waals surface area contributed by atoms with Gasteiger partial charge in [-0.3, -0.25) is 4.90 Å². The van der Waals surface area contributed by atoms with Crippen LogP contribution in [0.3, 0.4) is 0 Å². The highest BCUT2D eigenvalue weighted by molar-refractivity contribution is 5.31. The molecule has 2 aromatic rings. The molecule has 4 nitrogen and oxygen atoms in total. The second-order valence-corrected chi connectivity index (χ2v) is 7.36. The molecule has 25 heavy (non-hydrogen) atoms. The number of hydrogen-bond acceptors (Lipinski definition) is 3. The second-order valence-electron chi connectivity index (χ2n) is 7.36. The van der Waals surface area contributed by atoms with E-state index in [0.29, 0.717) is 19.2 Å². The first kappa shape index (κ1) is 16.8. The third-order valence-corrected chi connectivity index (χ3v) is 5.72. The maximum absolute atomic E-state index is 10.5. The lowest BCUT2D eigenvalue weighted by atomic mass is 9.89. The molecule has 0 spiro atoms. The average Bonchev–Trinajstić information content (AvgIpc) is 3.12. The van der Waals surface area contributed by atoms with E-state index in [4.69, 9.17) is 4.74 Å². The molecule has 0 unspecified atom stereocenters. The number of β-amino-alcohol motifs (C(OH)–C–C–N with tert-alkyl or cyclic N) is 1. The Morgan fingerprint density at radius 2 is 2.08 bits per heavy atom. The van der Waals surface area contributed by atoms with Gasteiger partial charge in [0, 0.05) is 37.6 Å². The van der Waals surface area contributed by atoms with Crippen LogP contribution in [0.2, 0.25) is 0 Å². The number of fused-ring (bicyclic) bond motifs is 2. The molecular formula is C21H28N2O2. The van der Waals surface area contributed by atoms with Crippen LogP contribution < -0.4 is 0 Å². The van der Waals surface area contributed by atoms with Crippen LogP contribution in [0.25, 0.3) is 0 Å². The molecule has 3 atom stereocenters.